The second-order valence-corrected chi connectivity index (χ2v) is 5.61. The number of nitrogens with zero attached hydrogens (tertiary/aromatic N) is 2. The van der Waals surface area contributed by atoms with E-state index in [1.165, 1.54) is 22.4 Å². The van der Waals surface area contributed by atoms with Gasteiger partial charge in [0.25, 0.3) is 0 Å². The van der Waals surface area contributed by atoms with Gasteiger partial charge < -0.3 is 5.73 Å². The molecule has 2 aromatic rings. The molecule has 0 aliphatic heterocycles. The van der Waals surface area contributed by atoms with Crippen LogP contribution in [0.4, 0.5) is 0 Å². The normalized spacial score (nSPS) is 14.3. The summed E-state index contributed by atoms with van der Waals surface area (Å²) in [6.07, 6.45) is 0.927. The molecule has 2 atom stereocenters. The molecule has 0 fully saturated rings. The molecule has 1 heterocycles. The Bertz CT molecular complexity index is 598. The van der Waals surface area contributed by atoms with Gasteiger partial charge in [0.15, 0.2) is 0 Å². The monoisotopic (exact) mass is 271 g/mol. The minimum Gasteiger partial charge on any atom is -0.326 e. The summed E-state index contributed by atoms with van der Waals surface area (Å²) < 4.78 is 2.11. The van der Waals surface area contributed by atoms with Crippen molar-refractivity contribution in [3.63, 3.8) is 0 Å². The lowest BCUT2D eigenvalue weighted by Gasteiger charge is -2.26. The van der Waals surface area contributed by atoms with Gasteiger partial charge in [-0.15, -0.1) is 0 Å². The molecule has 2 N–H and O–H groups in total. The predicted molar refractivity (Wildman–Crippen MR) is 84.0 cm³/mol. The Kier molecular flexibility index (Phi) is 4.29. The van der Waals surface area contributed by atoms with Crippen molar-refractivity contribution >= 4 is 0 Å². The summed E-state index contributed by atoms with van der Waals surface area (Å²) in [4.78, 5) is 0. The summed E-state index contributed by atoms with van der Waals surface area (Å²) in [7, 11) is 0. The molecule has 2 unspecified atom stereocenters. The topological polar surface area (TPSA) is 43.8 Å². The van der Waals surface area contributed by atoms with Gasteiger partial charge in [0.05, 0.1) is 11.7 Å². The van der Waals surface area contributed by atoms with Crippen LogP contribution >= 0.6 is 0 Å². The van der Waals surface area contributed by atoms with Crippen LogP contribution in [0.15, 0.2) is 24.3 Å². The Labute approximate surface area is 121 Å². The number of rotatable bonds is 4. The smallest absolute Gasteiger partial charge is 0.0924 e. The fourth-order valence-corrected chi connectivity index (χ4v) is 2.70. The molecule has 20 heavy (non-hydrogen) atoms. The molecule has 3 nitrogen and oxygen atoms in total. The van der Waals surface area contributed by atoms with E-state index in [-0.39, 0.29) is 12.1 Å². The molecule has 0 aliphatic rings. The number of benzene rings is 1. The highest BCUT2D eigenvalue weighted by atomic mass is 15.3. The van der Waals surface area contributed by atoms with Crippen LogP contribution in [0.2, 0.25) is 0 Å². The zero-order chi connectivity index (χ0) is 14.9. The van der Waals surface area contributed by atoms with Gasteiger partial charge in [-0.05, 0) is 50.8 Å². The Balaban J connectivity index is 2.59. The zero-order valence-electron chi connectivity index (χ0n) is 13.1. The van der Waals surface area contributed by atoms with Crippen molar-refractivity contribution in [1.29, 1.82) is 0 Å². The summed E-state index contributed by atoms with van der Waals surface area (Å²) in [6, 6.07) is 8.63. The van der Waals surface area contributed by atoms with Crippen molar-refractivity contribution in [3.8, 4) is 0 Å². The van der Waals surface area contributed by atoms with Crippen molar-refractivity contribution in [3.05, 3.63) is 52.3 Å². The summed E-state index contributed by atoms with van der Waals surface area (Å²) in [5.74, 6) is 0. The van der Waals surface area contributed by atoms with E-state index in [9.17, 15) is 0 Å². The summed E-state index contributed by atoms with van der Waals surface area (Å²) in [6.45, 7) is 10.6. The Morgan fingerprint density at radius 3 is 2.30 bits per heavy atom. The van der Waals surface area contributed by atoms with E-state index >= 15 is 0 Å². The minimum atomic E-state index is 0.0634. The first-order chi connectivity index (χ1) is 9.47. The van der Waals surface area contributed by atoms with Crippen LogP contribution in [0.1, 0.15) is 47.5 Å². The first-order valence-electron chi connectivity index (χ1n) is 7.30. The van der Waals surface area contributed by atoms with E-state index < -0.39 is 0 Å². The van der Waals surface area contributed by atoms with Crippen LogP contribution in [0, 0.1) is 27.7 Å². The highest BCUT2D eigenvalue weighted by molar-refractivity contribution is 5.32. The molecule has 2 rings (SSSR count). The van der Waals surface area contributed by atoms with Gasteiger partial charge in [-0.2, -0.15) is 5.10 Å². The maximum Gasteiger partial charge on any atom is 0.0924 e. The van der Waals surface area contributed by atoms with Gasteiger partial charge in [-0.3, -0.25) is 4.68 Å². The lowest BCUT2D eigenvalue weighted by molar-refractivity contribution is 0.414. The predicted octanol–water partition coefficient (Wildman–Crippen LogP) is 3.44. The Hall–Kier alpha value is -1.61. The van der Waals surface area contributed by atoms with Crippen molar-refractivity contribution in [1.82, 2.24) is 9.78 Å². The lowest BCUT2D eigenvalue weighted by atomic mass is 9.94. The van der Waals surface area contributed by atoms with E-state index in [4.69, 9.17) is 10.8 Å². The summed E-state index contributed by atoms with van der Waals surface area (Å²) in [5.41, 5.74) is 12.5. The van der Waals surface area contributed by atoms with Gasteiger partial charge >= 0.3 is 0 Å². The number of aromatic nitrogens is 2. The molecule has 0 radical (unpaired) electrons. The second-order valence-electron chi connectivity index (χ2n) is 5.61. The number of hydrogen-bond donors (Lipinski definition) is 1. The highest BCUT2D eigenvalue weighted by Crippen LogP contribution is 2.28. The Morgan fingerprint density at radius 1 is 1.15 bits per heavy atom. The molecule has 0 bridgehead atoms. The van der Waals surface area contributed by atoms with Crippen molar-refractivity contribution < 1.29 is 0 Å². The molecular weight excluding hydrogens is 246 g/mol. The SMILES string of the molecule is CCC(N)C(c1ccccc1C)n1nc(C)c(C)c1C. The van der Waals surface area contributed by atoms with Crippen LogP contribution in [0.25, 0.3) is 0 Å². The quantitative estimate of drug-likeness (QED) is 0.925. The number of hydrogen-bond acceptors (Lipinski definition) is 2. The largest absolute Gasteiger partial charge is 0.326 e. The molecule has 0 saturated carbocycles. The fraction of sp³-hybridized carbons (Fsp3) is 0.471. The zero-order valence-corrected chi connectivity index (χ0v) is 13.1. The van der Waals surface area contributed by atoms with E-state index in [1.807, 2.05) is 0 Å². The molecule has 0 amide bonds. The van der Waals surface area contributed by atoms with Crippen LogP contribution in [0.5, 0.6) is 0 Å². The van der Waals surface area contributed by atoms with Gasteiger partial charge in [-0.25, -0.2) is 0 Å². The fourth-order valence-electron chi connectivity index (χ4n) is 2.70. The molecular formula is C17H25N3. The van der Waals surface area contributed by atoms with E-state index in [0.29, 0.717) is 0 Å². The highest BCUT2D eigenvalue weighted by Gasteiger charge is 2.25. The van der Waals surface area contributed by atoms with Gasteiger partial charge in [0.1, 0.15) is 0 Å². The van der Waals surface area contributed by atoms with Crippen molar-refractivity contribution in [2.24, 2.45) is 5.73 Å². The summed E-state index contributed by atoms with van der Waals surface area (Å²) in [5, 5.41) is 4.73. The lowest BCUT2D eigenvalue weighted by Crippen LogP contribution is -2.34. The van der Waals surface area contributed by atoms with Crippen molar-refractivity contribution in [2.45, 2.75) is 53.1 Å². The van der Waals surface area contributed by atoms with Crippen LogP contribution < -0.4 is 5.73 Å². The minimum absolute atomic E-state index is 0.0634. The first kappa shape index (κ1) is 14.8. The van der Waals surface area contributed by atoms with Gasteiger partial charge in [0, 0.05) is 11.7 Å². The van der Waals surface area contributed by atoms with Gasteiger partial charge in [-0.1, -0.05) is 31.2 Å². The van der Waals surface area contributed by atoms with Crippen LogP contribution in [-0.4, -0.2) is 15.8 Å². The molecule has 108 valence electrons. The van der Waals surface area contributed by atoms with E-state index in [0.717, 1.165) is 12.1 Å². The molecule has 0 saturated heterocycles. The van der Waals surface area contributed by atoms with E-state index in [2.05, 4.69) is 63.6 Å². The molecule has 1 aromatic heterocycles. The average molecular weight is 271 g/mol. The first-order valence-corrected chi connectivity index (χ1v) is 7.30. The average Bonchev–Trinajstić information content (AvgIpc) is 2.69. The molecule has 1 aromatic carbocycles. The van der Waals surface area contributed by atoms with Crippen LogP contribution in [0.3, 0.4) is 0 Å². The Morgan fingerprint density at radius 2 is 1.80 bits per heavy atom. The molecule has 0 spiro atoms. The third kappa shape index (κ3) is 2.50. The molecule has 3 heteroatoms. The molecule has 0 aliphatic carbocycles. The van der Waals surface area contributed by atoms with Gasteiger partial charge in [0.2, 0.25) is 0 Å². The number of aryl methyl sites for hydroxylation is 2. The third-order valence-electron chi connectivity index (χ3n) is 4.33. The second kappa shape index (κ2) is 5.80. The van der Waals surface area contributed by atoms with Crippen molar-refractivity contribution in [2.75, 3.05) is 0 Å². The summed E-state index contributed by atoms with van der Waals surface area (Å²) >= 11 is 0. The van der Waals surface area contributed by atoms with E-state index in [1.54, 1.807) is 0 Å². The number of nitrogens with two attached hydrogens (primary N) is 1. The van der Waals surface area contributed by atoms with Crippen LogP contribution in [-0.2, 0) is 0 Å². The standard InChI is InChI=1S/C17H25N3/c1-6-16(18)17(15-10-8-7-9-11(15)2)20-14(5)12(3)13(4)19-20/h7-10,16-17H,6,18H2,1-5H3. The maximum atomic E-state index is 6.42. The third-order valence-corrected chi connectivity index (χ3v) is 4.33. The maximum absolute atomic E-state index is 6.42.